The first-order chi connectivity index (χ1) is 7.11. The Kier molecular flexibility index (Phi) is 3.36. The molecule has 2 fully saturated rings. The van der Waals surface area contributed by atoms with E-state index in [1.165, 1.54) is 51.6 Å². The van der Waals surface area contributed by atoms with Gasteiger partial charge in [-0.1, -0.05) is 26.7 Å². The number of likely N-dealkylation sites (tertiary alicyclic amines) is 1. The van der Waals surface area contributed by atoms with E-state index in [1.54, 1.807) is 0 Å². The maximum Gasteiger partial charge on any atom is 0.0252 e. The van der Waals surface area contributed by atoms with Crippen LogP contribution in [0, 0.1) is 5.41 Å². The SMILES string of the molecule is CC1(C)CCCC(N2CCCCC2)C1N. The zero-order valence-corrected chi connectivity index (χ0v) is 10.3. The van der Waals surface area contributed by atoms with Gasteiger partial charge in [-0.2, -0.15) is 0 Å². The van der Waals surface area contributed by atoms with Crippen LogP contribution in [0.15, 0.2) is 0 Å². The molecular formula is C13H26N2. The van der Waals surface area contributed by atoms with Crippen LogP contribution in [0.5, 0.6) is 0 Å². The van der Waals surface area contributed by atoms with E-state index in [2.05, 4.69) is 18.7 Å². The van der Waals surface area contributed by atoms with Crippen molar-refractivity contribution in [3.05, 3.63) is 0 Å². The smallest absolute Gasteiger partial charge is 0.0252 e. The molecule has 2 unspecified atom stereocenters. The minimum absolute atomic E-state index is 0.348. The summed E-state index contributed by atoms with van der Waals surface area (Å²) in [7, 11) is 0. The molecule has 0 aromatic carbocycles. The summed E-state index contributed by atoms with van der Waals surface area (Å²) in [4.78, 5) is 2.66. The van der Waals surface area contributed by atoms with Crippen LogP contribution in [-0.2, 0) is 0 Å². The number of nitrogens with two attached hydrogens (primary N) is 1. The zero-order chi connectivity index (χ0) is 10.9. The highest BCUT2D eigenvalue weighted by Crippen LogP contribution is 2.37. The Morgan fingerprint density at radius 1 is 1.07 bits per heavy atom. The molecule has 2 aliphatic rings. The molecule has 1 saturated carbocycles. The molecule has 0 bridgehead atoms. The van der Waals surface area contributed by atoms with Crippen molar-refractivity contribution >= 4 is 0 Å². The summed E-state index contributed by atoms with van der Waals surface area (Å²) >= 11 is 0. The first-order valence-electron chi connectivity index (χ1n) is 6.61. The first kappa shape index (κ1) is 11.4. The second kappa shape index (κ2) is 4.42. The average Bonchev–Trinajstić information content (AvgIpc) is 2.23. The van der Waals surface area contributed by atoms with Crippen molar-refractivity contribution in [3.8, 4) is 0 Å². The highest BCUT2D eigenvalue weighted by molar-refractivity contribution is 4.96. The van der Waals surface area contributed by atoms with Crippen LogP contribution in [0.3, 0.4) is 0 Å². The molecule has 1 aliphatic carbocycles. The third-order valence-corrected chi connectivity index (χ3v) is 4.50. The molecule has 2 nitrogen and oxygen atoms in total. The van der Waals surface area contributed by atoms with E-state index in [0.717, 1.165) is 0 Å². The lowest BCUT2D eigenvalue weighted by Crippen LogP contribution is -2.57. The highest BCUT2D eigenvalue weighted by atomic mass is 15.2. The molecular weight excluding hydrogens is 184 g/mol. The molecule has 0 aromatic rings. The summed E-state index contributed by atoms with van der Waals surface area (Å²) in [5.41, 5.74) is 6.79. The Bertz CT molecular complexity index is 207. The molecule has 1 aliphatic heterocycles. The molecule has 15 heavy (non-hydrogen) atoms. The van der Waals surface area contributed by atoms with E-state index < -0.39 is 0 Å². The van der Waals surface area contributed by atoms with Crippen molar-refractivity contribution in [1.82, 2.24) is 4.90 Å². The summed E-state index contributed by atoms with van der Waals surface area (Å²) in [5.74, 6) is 0. The van der Waals surface area contributed by atoms with E-state index in [4.69, 9.17) is 5.73 Å². The molecule has 2 heteroatoms. The molecule has 0 spiro atoms. The van der Waals surface area contributed by atoms with E-state index in [-0.39, 0.29) is 0 Å². The predicted molar refractivity (Wildman–Crippen MR) is 64.8 cm³/mol. The summed E-state index contributed by atoms with van der Waals surface area (Å²) in [5, 5.41) is 0. The van der Waals surface area contributed by atoms with Gasteiger partial charge in [-0.3, -0.25) is 4.90 Å². The maximum absolute atomic E-state index is 6.45. The van der Waals surface area contributed by atoms with Crippen LogP contribution >= 0.6 is 0 Å². The number of hydrogen-bond acceptors (Lipinski definition) is 2. The predicted octanol–water partition coefficient (Wildman–Crippen LogP) is 2.38. The molecule has 2 atom stereocenters. The largest absolute Gasteiger partial charge is 0.326 e. The quantitative estimate of drug-likeness (QED) is 0.720. The van der Waals surface area contributed by atoms with Crippen LogP contribution in [0.25, 0.3) is 0 Å². The van der Waals surface area contributed by atoms with Gasteiger partial charge in [-0.25, -0.2) is 0 Å². The fourth-order valence-corrected chi connectivity index (χ4v) is 3.29. The van der Waals surface area contributed by atoms with Crippen molar-refractivity contribution in [2.45, 2.75) is 64.5 Å². The molecule has 1 saturated heterocycles. The third-order valence-electron chi connectivity index (χ3n) is 4.50. The van der Waals surface area contributed by atoms with Gasteiger partial charge in [-0.15, -0.1) is 0 Å². The number of nitrogens with zero attached hydrogens (tertiary/aromatic N) is 1. The van der Waals surface area contributed by atoms with Gasteiger partial charge in [0.2, 0.25) is 0 Å². The van der Waals surface area contributed by atoms with E-state index >= 15 is 0 Å². The minimum Gasteiger partial charge on any atom is -0.326 e. The van der Waals surface area contributed by atoms with Crippen molar-refractivity contribution in [2.24, 2.45) is 11.1 Å². The normalized spacial score (nSPS) is 37.8. The van der Waals surface area contributed by atoms with Gasteiger partial charge in [0.25, 0.3) is 0 Å². The van der Waals surface area contributed by atoms with Gasteiger partial charge >= 0.3 is 0 Å². The van der Waals surface area contributed by atoms with Gasteiger partial charge in [0.1, 0.15) is 0 Å². The van der Waals surface area contributed by atoms with E-state index in [1.807, 2.05) is 0 Å². The number of rotatable bonds is 1. The van der Waals surface area contributed by atoms with Crippen molar-refractivity contribution in [1.29, 1.82) is 0 Å². The Balaban J connectivity index is 2.00. The van der Waals surface area contributed by atoms with Gasteiger partial charge in [0.05, 0.1) is 0 Å². The Morgan fingerprint density at radius 2 is 1.73 bits per heavy atom. The third kappa shape index (κ3) is 2.36. The highest BCUT2D eigenvalue weighted by Gasteiger charge is 2.39. The van der Waals surface area contributed by atoms with Crippen LogP contribution in [0.1, 0.15) is 52.4 Å². The molecule has 0 amide bonds. The van der Waals surface area contributed by atoms with Crippen molar-refractivity contribution < 1.29 is 0 Å². The first-order valence-corrected chi connectivity index (χ1v) is 6.61. The fraction of sp³-hybridized carbons (Fsp3) is 1.00. The topological polar surface area (TPSA) is 29.3 Å². The van der Waals surface area contributed by atoms with Crippen molar-refractivity contribution in [3.63, 3.8) is 0 Å². The second-order valence-electron chi connectivity index (χ2n) is 6.07. The van der Waals surface area contributed by atoms with Crippen molar-refractivity contribution in [2.75, 3.05) is 13.1 Å². The number of hydrogen-bond donors (Lipinski definition) is 1. The standard InChI is InChI=1S/C13H26N2/c1-13(2)8-6-7-11(12(13)14)15-9-4-3-5-10-15/h11-12H,3-10,14H2,1-2H3. The Morgan fingerprint density at radius 3 is 2.40 bits per heavy atom. The fourth-order valence-electron chi connectivity index (χ4n) is 3.29. The minimum atomic E-state index is 0.348. The van der Waals surface area contributed by atoms with Gasteiger partial charge < -0.3 is 5.73 Å². The van der Waals surface area contributed by atoms with Gasteiger partial charge in [0, 0.05) is 12.1 Å². The lowest BCUT2D eigenvalue weighted by Gasteiger charge is -2.47. The van der Waals surface area contributed by atoms with Gasteiger partial charge in [-0.05, 0) is 44.2 Å². The molecule has 2 N–H and O–H groups in total. The summed E-state index contributed by atoms with van der Waals surface area (Å²) in [6.07, 6.45) is 8.17. The summed E-state index contributed by atoms with van der Waals surface area (Å²) in [6, 6.07) is 1.04. The maximum atomic E-state index is 6.45. The zero-order valence-electron chi connectivity index (χ0n) is 10.3. The average molecular weight is 210 g/mol. The Hall–Kier alpha value is -0.0800. The molecule has 0 radical (unpaired) electrons. The molecule has 88 valence electrons. The second-order valence-corrected chi connectivity index (χ2v) is 6.07. The van der Waals surface area contributed by atoms with Crippen LogP contribution < -0.4 is 5.73 Å². The summed E-state index contributed by atoms with van der Waals surface area (Å²) in [6.45, 7) is 7.25. The monoisotopic (exact) mass is 210 g/mol. The summed E-state index contributed by atoms with van der Waals surface area (Å²) < 4.78 is 0. The molecule has 1 heterocycles. The van der Waals surface area contributed by atoms with Crippen LogP contribution in [0.2, 0.25) is 0 Å². The van der Waals surface area contributed by atoms with E-state index in [9.17, 15) is 0 Å². The van der Waals surface area contributed by atoms with Gasteiger partial charge in [0.15, 0.2) is 0 Å². The van der Waals surface area contributed by atoms with Crippen LogP contribution in [-0.4, -0.2) is 30.1 Å². The van der Waals surface area contributed by atoms with E-state index in [0.29, 0.717) is 17.5 Å². The molecule has 0 aromatic heterocycles. The lowest BCUT2D eigenvalue weighted by molar-refractivity contribution is 0.0556. The molecule has 2 rings (SSSR count). The van der Waals surface area contributed by atoms with Crippen LogP contribution in [0.4, 0.5) is 0 Å². The Labute approximate surface area is 94.2 Å². The number of piperidine rings is 1. The lowest BCUT2D eigenvalue weighted by atomic mass is 9.70.